The fourth-order valence-electron chi connectivity index (χ4n) is 3.36. The van der Waals surface area contributed by atoms with E-state index in [-0.39, 0.29) is 23.5 Å². The van der Waals surface area contributed by atoms with Crippen LogP contribution in [0.4, 0.5) is 4.39 Å². The third-order valence-corrected chi connectivity index (χ3v) is 5.10. The van der Waals surface area contributed by atoms with Crippen LogP contribution in [-0.2, 0) is 4.79 Å². The SMILES string of the molecule is C=C(Cl)CC(CC(=O)N/C(=C/N=C1C(=C)C=CC=C1F)C(C)C)CC1=CC=CCC1.CC. The molecule has 174 valence electrons. The zero-order chi connectivity index (χ0) is 24.1. The third kappa shape index (κ3) is 9.78. The van der Waals surface area contributed by atoms with Crippen LogP contribution in [-0.4, -0.2) is 11.6 Å². The number of halogens is 2. The molecule has 0 aliphatic heterocycles. The fraction of sp³-hybridized carbons (Fsp3) is 0.407. The highest BCUT2D eigenvalue weighted by Crippen LogP contribution is 2.28. The van der Waals surface area contributed by atoms with Gasteiger partial charge in [0.05, 0.1) is 0 Å². The third-order valence-electron chi connectivity index (χ3n) is 4.94. The van der Waals surface area contributed by atoms with Crippen molar-refractivity contribution in [2.45, 2.75) is 59.8 Å². The number of aliphatic imine (C=N–C) groups is 1. The van der Waals surface area contributed by atoms with Gasteiger partial charge in [0.2, 0.25) is 5.91 Å². The van der Waals surface area contributed by atoms with Gasteiger partial charge in [0.15, 0.2) is 0 Å². The largest absolute Gasteiger partial charge is 0.328 e. The van der Waals surface area contributed by atoms with Crippen molar-refractivity contribution in [1.82, 2.24) is 5.32 Å². The van der Waals surface area contributed by atoms with Gasteiger partial charge < -0.3 is 5.32 Å². The smallest absolute Gasteiger partial charge is 0.224 e. The van der Waals surface area contributed by atoms with Crippen LogP contribution >= 0.6 is 11.6 Å². The molecule has 1 N–H and O–H groups in total. The lowest BCUT2D eigenvalue weighted by atomic mass is 9.89. The number of hydrogen-bond donors (Lipinski definition) is 1. The van der Waals surface area contributed by atoms with E-state index >= 15 is 0 Å². The molecule has 0 bridgehead atoms. The molecule has 32 heavy (non-hydrogen) atoms. The van der Waals surface area contributed by atoms with Gasteiger partial charge in [-0.2, -0.15) is 0 Å². The van der Waals surface area contributed by atoms with Crippen molar-refractivity contribution in [1.29, 1.82) is 0 Å². The molecule has 0 heterocycles. The van der Waals surface area contributed by atoms with Crippen LogP contribution < -0.4 is 5.32 Å². The number of rotatable bonds is 9. The Kier molecular flexibility index (Phi) is 12.6. The number of nitrogens with zero attached hydrogens (tertiary/aromatic N) is 1. The quantitative estimate of drug-likeness (QED) is 0.375. The summed E-state index contributed by atoms with van der Waals surface area (Å²) in [5.74, 6) is -0.450. The van der Waals surface area contributed by atoms with Crippen LogP contribution in [0.25, 0.3) is 0 Å². The first-order valence-electron chi connectivity index (χ1n) is 11.2. The topological polar surface area (TPSA) is 41.5 Å². The molecule has 3 nitrogen and oxygen atoms in total. The Morgan fingerprint density at radius 3 is 2.56 bits per heavy atom. The lowest BCUT2D eigenvalue weighted by Gasteiger charge is -2.20. The minimum Gasteiger partial charge on any atom is -0.328 e. The summed E-state index contributed by atoms with van der Waals surface area (Å²) in [5, 5.41) is 3.50. The van der Waals surface area contributed by atoms with E-state index in [1.54, 1.807) is 12.2 Å². The van der Waals surface area contributed by atoms with Crippen molar-refractivity contribution in [3.63, 3.8) is 0 Å². The van der Waals surface area contributed by atoms with Crippen LogP contribution in [0.5, 0.6) is 0 Å². The standard InChI is InChI=1S/C25H30ClFN2O.C2H6/c1-17(2)23(16-28-25-18(3)9-8-12-22(25)27)29-24(30)15-21(13-19(4)26)14-20-10-6-5-7-11-20;1-2/h5-6,8-10,12,16-17,21H,3-4,7,11,13-15H2,1-2H3,(H,29,30);1-2H3/b23-16+,28-25?;. The second-order valence-corrected chi connectivity index (χ2v) is 8.49. The Hall–Kier alpha value is -2.46. The maximum atomic E-state index is 14.0. The molecule has 0 aromatic heterocycles. The molecule has 5 heteroatoms. The zero-order valence-electron chi connectivity index (χ0n) is 19.8. The average Bonchev–Trinajstić information content (AvgIpc) is 2.74. The number of carbonyl (C=O) groups excluding carboxylic acids is 1. The van der Waals surface area contributed by atoms with E-state index in [1.165, 1.54) is 17.8 Å². The Morgan fingerprint density at radius 2 is 2.00 bits per heavy atom. The van der Waals surface area contributed by atoms with Gasteiger partial charge >= 0.3 is 0 Å². The van der Waals surface area contributed by atoms with Crippen molar-refractivity contribution in [3.05, 3.63) is 83.5 Å². The van der Waals surface area contributed by atoms with Crippen molar-refractivity contribution in [2.24, 2.45) is 16.8 Å². The van der Waals surface area contributed by atoms with Crippen LogP contribution in [0, 0.1) is 11.8 Å². The molecule has 0 spiro atoms. The maximum absolute atomic E-state index is 14.0. The fourth-order valence-corrected chi connectivity index (χ4v) is 3.58. The molecule has 2 rings (SSSR count). The van der Waals surface area contributed by atoms with Gasteiger partial charge in [-0.15, -0.1) is 0 Å². The van der Waals surface area contributed by atoms with Crippen LogP contribution in [0.1, 0.15) is 59.8 Å². The van der Waals surface area contributed by atoms with Crippen LogP contribution in [0.15, 0.2) is 88.5 Å². The van der Waals surface area contributed by atoms with E-state index in [1.807, 2.05) is 27.7 Å². The summed E-state index contributed by atoms with van der Waals surface area (Å²) in [6.45, 7) is 15.5. The van der Waals surface area contributed by atoms with Gasteiger partial charge in [-0.3, -0.25) is 9.79 Å². The van der Waals surface area contributed by atoms with Crippen molar-refractivity contribution in [3.8, 4) is 0 Å². The molecule has 0 radical (unpaired) electrons. The van der Waals surface area contributed by atoms with Crippen molar-refractivity contribution >= 4 is 23.2 Å². The molecule has 0 aromatic carbocycles. The minimum absolute atomic E-state index is 0.0189. The van der Waals surface area contributed by atoms with E-state index in [4.69, 9.17) is 11.6 Å². The Labute approximate surface area is 197 Å². The summed E-state index contributed by atoms with van der Waals surface area (Å²) in [6, 6.07) is 0. The second kappa shape index (κ2) is 14.6. The minimum atomic E-state index is -0.441. The highest BCUT2D eigenvalue weighted by Gasteiger charge is 2.19. The summed E-state index contributed by atoms with van der Waals surface area (Å²) in [6.07, 6.45) is 16.2. The first kappa shape index (κ1) is 27.6. The number of amides is 1. The summed E-state index contributed by atoms with van der Waals surface area (Å²) < 4.78 is 14.0. The highest BCUT2D eigenvalue weighted by molar-refractivity contribution is 6.29. The molecule has 1 amide bonds. The lowest BCUT2D eigenvalue weighted by molar-refractivity contribution is -0.121. The molecule has 0 fully saturated rings. The Morgan fingerprint density at radius 1 is 1.28 bits per heavy atom. The van der Waals surface area contributed by atoms with E-state index in [0.29, 0.717) is 29.1 Å². The lowest BCUT2D eigenvalue weighted by Crippen LogP contribution is -2.27. The molecule has 2 aliphatic rings. The number of nitrogens with one attached hydrogen (secondary N) is 1. The predicted octanol–water partition coefficient (Wildman–Crippen LogP) is 7.86. The van der Waals surface area contributed by atoms with Gasteiger partial charge in [0, 0.05) is 23.4 Å². The second-order valence-electron chi connectivity index (χ2n) is 7.95. The van der Waals surface area contributed by atoms with Crippen molar-refractivity contribution in [2.75, 3.05) is 0 Å². The maximum Gasteiger partial charge on any atom is 0.224 e. The molecule has 0 aromatic rings. The van der Waals surface area contributed by atoms with Gasteiger partial charge in [0.1, 0.15) is 11.5 Å². The molecule has 0 saturated heterocycles. The number of hydrogen-bond acceptors (Lipinski definition) is 2. The first-order valence-corrected chi connectivity index (χ1v) is 11.6. The molecule has 2 aliphatic carbocycles. The predicted molar refractivity (Wildman–Crippen MR) is 136 cm³/mol. The molecular weight excluding hydrogens is 423 g/mol. The van der Waals surface area contributed by atoms with Crippen LogP contribution in [0.2, 0.25) is 0 Å². The van der Waals surface area contributed by atoms with E-state index < -0.39 is 5.83 Å². The summed E-state index contributed by atoms with van der Waals surface area (Å²) >= 11 is 6.05. The van der Waals surface area contributed by atoms with Crippen LogP contribution in [0.3, 0.4) is 0 Å². The summed E-state index contributed by atoms with van der Waals surface area (Å²) in [7, 11) is 0. The zero-order valence-corrected chi connectivity index (χ0v) is 20.5. The molecule has 0 saturated carbocycles. The number of allylic oxidation sites excluding steroid dienone is 11. The average molecular weight is 459 g/mol. The first-order chi connectivity index (χ1) is 15.3. The summed E-state index contributed by atoms with van der Waals surface area (Å²) in [5.41, 5.74) is 2.63. The van der Waals surface area contributed by atoms with E-state index in [2.05, 4.69) is 41.7 Å². The summed E-state index contributed by atoms with van der Waals surface area (Å²) in [4.78, 5) is 17.0. The Bertz CT molecular complexity index is 872. The molecule has 1 unspecified atom stereocenters. The number of carbonyl (C=O) groups is 1. The molecule has 1 atom stereocenters. The van der Waals surface area contributed by atoms with E-state index in [0.717, 1.165) is 19.3 Å². The van der Waals surface area contributed by atoms with E-state index in [9.17, 15) is 9.18 Å². The van der Waals surface area contributed by atoms with Gasteiger partial charge in [0.25, 0.3) is 0 Å². The van der Waals surface area contributed by atoms with Gasteiger partial charge in [-0.25, -0.2) is 4.39 Å². The van der Waals surface area contributed by atoms with Gasteiger partial charge in [-0.05, 0) is 49.2 Å². The monoisotopic (exact) mass is 458 g/mol. The normalized spacial score (nSPS) is 18.0. The molecular formula is C27H36ClFN2O. The highest BCUT2D eigenvalue weighted by atomic mass is 35.5. The van der Waals surface area contributed by atoms with Crippen molar-refractivity contribution < 1.29 is 9.18 Å². The Balaban J connectivity index is 0.00000249. The van der Waals surface area contributed by atoms with Gasteiger partial charge in [-0.1, -0.05) is 88.4 Å².